The highest BCUT2D eigenvalue weighted by Gasteiger charge is 2.20. The predicted octanol–water partition coefficient (Wildman–Crippen LogP) is 2.96. The van der Waals surface area contributed by atoms with Crippen LogP contribution in [0.4, 0.5) is 5.69 Å². The lowest BCUT2D eigenvalue weighted by Gasteiger charge is -2.22. The van der Waals surface area contributed by atoms with E-state index in [2.05, 4.69) is 5.32 Å². The number of sulfonamides is 1. The van der Waals surface area contributed by atoms with E-state index < -0.39 is 15.9 Å². The second-order valence-electron chi connectivity index (χ2n) is 6.47. The smallest absolute Gasteiger partial charge is 0.241 e. The number of anilines is 1. The molecule has 0 atom stereocenters. The summed E-state index contributed by atoms with van der Waals surface area (Å²) >= 11 is 0. The Balaban J connectivity index is 2.02. The average Bonchev–Trinajstić information content (AvgIpc) is 2.69. The van der Waals surface area contributed by atoms with E-state index in [1.54, 1.807) is 24.3 Å². The number of amides is 1. The van der Waals surface area contributed by atoms with E-state index in [1.165, 1.54) is 0 Å². The number of hydrogen-bond donors (Lipinski definition) is 1. The molecule has 0 heterocycles. The van der Waals surface area contributed by atoms with Crippen LogP contribution >= 0.6 is 0 Å². The van der Waals surface area contributed by atoms with Gasteiger partial charge in [-0.3, -0.25) is 9.10 Å². The molecule has 7 nitrogen and oxygen atoms in total. The van der Waals surface area contributed by atoms with Crippen molar-refractivity contribution in [1.82, 2.24) is 5.32 Å². The van der Waals surface area contributed by atoms with Crippen molar-refractivity contribution in [3.63, 3.8) is 0 Å². The van der Waals surface area contributed by atoms with Crippen molar-refractivity contribution in [3.05, 3.63) is 54.1 Å². The van der Waals surface area contributed by atoms with Crippen LogP contribution in [-0.2, 0) is 21.4 Å². The molecule has 0 radical (unpaired) electrons. The van der Waals surface area contributed by atoms with Crippen molar-refractivity contribution in [3.8, 4) is 11.5 Å². The van der Waals surface area contributed by atoms with Crippen LogP contribution in [0.25, 0.3) is 0 Å². The van der Waals surface area contributed by atoms with Gasteiger partial charge in [-0.15, -0.1) is 0 Å². The van der Waals surface area contributed by atoms with E-state index in [-0.39, 0.29) is 13.1 Å². The van der Waals surface area contributed by atoms with Gasteiger partial charge in [0.2, 0.25) is 15.9 Å². The van der Waals surface area contributed by atoms with Gasteiger partial charge in [-0.25, -0.2) is 8.42 Å². The topological polar surface area (TPSA) is 84.9 Å². The van der Waals surface area contributed by atoms with Crippen molar-refractivity contribution in [1.29, 1.82) is 0 Å². The normalized spacial score (nSPS) is 11.0. The molecule has 8 heteroatoms. The molecule has 0 bridgehead atoms. The van der Waals surface area contributed by atoms with Gasteiger partial charge in [-0.1, -0.05) is 19.1 Å². The molecule has 1 amide bonds. The van der Waals surface area contributed by atoms with E-state index in [0.717, 1.165) is 28.3 Å². The Kier molecular flexibility index (Phi) is 8.33. The summed E-state index contributed by atoms with van der Waals surface area (Å²) in [6, 6.07) is 14.0. The molecule has 0 unspecified atom stereocenters. The van der Waals surface area contributed by atoms with E-state index >= 15 is 0 Å². The quantitative estimate of drug-likeness (QED) is 0.604. The zero-order valence-electron chi connectivity index (χ0n) is 17.1. The third-order valence-corrected chi connectivity index (χ3v) is 5.12. The Morgan fingerprint density at radius 3 is 2.38 bits per heavy atom. The lowest BCUT2D eigenvalue weighted by Crippen LogP contribution is -2.40. The van der Waals surface area contributed by atoms with E-state index in [9.17, 15) is 13.2 Å². The molecule has 2 aromatic carbocycles. The molecule has 158 valence electrons. The molecular weight excluding hydrogens is 392 g/mol. The van der Waals surface area contributed by atoms with Gasteiger partial charge in [0.1, 0.15) is 18.0 Å². The minimum absolute atomic E-state index is 0.279. The molecule has 0 aliphatic carbocycles. The second kappa shape index (κ2) is 10.7. The van der Waals surface area contributed by atoms with Gasteiger partial charge >= 0.3 is 0 Å². The Bertz CT molecular complexity index is 898. The first-order valence-corrected chi connectivity index (χ1v) is 11.4. The standard InChI is InChI=1S/C21H28N2O5S/c1-4-13-28-19-11-9-18(10-12-19)23(29(3,25)26)16-21(24)22-15-17-7-6-8-20(14-17)27-5-2/h6-12,14H,4-5,13,15-16H2,1-3H3,(H,22,24). The van der Waals surface area contributed by atoms with Crippen LogP contribution in [0.2, 0.25) is 0 Å². The number of nitrogens with zero attached hydrogens (tertiary/aromatic N) is 1. The van der Waals surface area contributed by atoms with Gasteiger partial charge in [0, 0.05) is 6.54 Å². The van der Waals surface area contributed by atoms with Crippen molar-refractivity contribution in [2.75, 3.05) is 30.3 Å². The van der Waals surface area contributed by atoms with Crippen LogP contribution < -0.4 is 19.1 Å². The fraction of sp³-hybridized carbons (Fsp3) is 0.381. The zero-order valence-corrected chi connectivity index (χ0v) is 17.9. The Labute approximate surface area is 172 Å². The highest BCUT2D eigenvalue weighted by atomic mass is 32.2. The molecule has 0 fully saturated rings. The van der Waals surface area contributed by atoms with Gasteiger partial charge in [0.05, 0.1) is 25.2 Å². The SMILES string of the molecule is CCCOc1ccc(N(CC(=O)NCc2cccc(OCC)c2)S(C)(=O)=O)cc1. The zero-order chi connectivity index (χ0) is 21.3. The molecule has 0 aromatic heterocycles. The first-order valence-electron chi connectivity index (χ1n) is 9.52. The van der Waals surface area contributed by atoms with Crippen molar-refractivity contribution >= 4 is 21.6 Å². The van der Waals surface area contributed by atoms with Gasteiger partial charge in [0.15, 0.2) is 0 Å². The van der Waals surface area contributed by atoms with Crippen molar-refractivity contribution in [2.24, 2.45) is 0 Å². The van der Waals surface area contributed by atoms with Crippen LogP contribution in [0.3, 0.4) is 0 Å². The average molecular weight is 421 g/mol. The second-order valence-corrected chi connectivity index (χ2v) is 8.38. The van der Waals surface area contributed by atoms with E-state index in [1.807, 2.05) is 38.1 Å². The fourth-order valence-electron chi connectivity index (χ4n) is 2.63. The first-order chi connectivity index (χ1) is 13.8. The fourth-order valence-corrected chi connectivity index (χ4v) is 3.48. The maximum atomic E-state index is 12.4. The number of carbonyl (C=O) groups is 1. The van der Waals surface area contributed by atoms with E-state index in [4.69, 9.17) is 9.47 Å². The minimum atomic E-state index is -3.63. The van der Waals surface area contributed by atoms with Crippen LogP contribution in [0.5, 0.6) is 11.5 Å². The highest BCUT2D eigenvalue weighted by Crippen LogP contribution is 2.21. The molecular formula is C21H28N2O5S. The van der Waals surface area contributed by atoms with Crippen molar-refractivity contribution < 1.29 is 22.7 Å². The number of nitrogens with one attached hydrogen (secondary N) is 1. The number of rotatable bonds is 11. The number of hydrogen-bond acceptors (Lipinski definition) is 5. The third-order valence-electron chi connectivity index (χ3n) is 3.98. The third kappa shape index (κ3) is 7.30. The summed E-state index contributed by atoms with van der Waals surface area (Å²) in [6.07, 6.45) is 1.96. The van der Waals surface area contributed by atoms with Crippen LogP contribution in [0.1, 0.15) is 25.8 Å². The lowest BCUT2D eigenvalue weighted by molar-refractivity contribution is -0.119. The molecule has 0 saturated heterocycles. The van der Waals surface area contributed by atoms with Crippen LogP contribution in [0, 0.1) is 0 Å². The maximum Gasteiger partial charge on any atom is 0.241 e. The summed E-state index contributed by atoms with van der Waals surface area (Å²) in [5, 5.41) is 2.75. The minimum Gasteiger partial charge on any atom is -0.494 e. The van der Waals surface area contributed by atoms with Gasteiger partial charge < -0.3 is 14.8 Å². The van der Waals surface area contributed by atoms with Crippen LogP contribution in [-0.4, -0.2) is 40.3 Å². The molecule has 0 saturated carbocycles. The van der Waals surface area contributed by atoms with E-state index in [0.29, 0.717) is 24.7 Å². The van der Waals surface area contributed by atoms with Gasteiger partial charge in [-0.05, 0) is 55.3 Å². The van der Waals surface area contributed by atoms with Crippen LogP contribution in [0.15, 0.2) is 48.5 Å². The molecule has 0 aliphatic rings. The first kappa shape index (κ1) is 22.5. The monoisotopic (exact) mass is 420 g/mol. The summed E-state index contributed by atoms with van der Waals surface area (Å²) in [5.41, 5.74) is 1.28. The van der Waals surface area contributed by atoms with Gasteiger partial charge in [0.25, 0.3) is 0 Å². The summed E-state index contributed by atoms with van der Waals surface area (Å²) in [5.74, 6) is 0.980. The highest BCUT2D eigenvalue weighted by molar-refractivity contribution is 7.92. The van der Waals surface area contributed by atoms with Gasteiger partial charge in [-0.2, -0.15) is 0 Å². The molecule has 1 N–H and O–H groups in total. The molecule has 0 spiro atoms. The van der Waals surface area contributed by atoms with Crippen molar-refractivity contribution in [2.45, 2.75) is 26.8 Å². The summed E-state index contributed by atoms with van der Waals surface area (Å²) in [4.78, 5) is 12.4. The molecule has 2 aromatic rings. The summed E-state index contributed by atoms with van der Waals surface area (Å²) in [6.45, 7) is 5.02. The molecule has 0 aliphatic heterocycles. The summed E-state index contributed by atoms with van der Waals surface area (Å²) in [7, 11) is -3.63. The Morgan fingerprint density at radius 2 is 1.76 bits per heavy atom. The molecule has 2 rings (SSSR count). The maximum absolute atomic E-state index is 12.4. The number of ether oxygens (including phenoxy) is 2. The largest absolute Gasteiger partial charge is 0.494 e. The molecule has 29 heavy (non-hydrogen) atoms. The Morgan fingerprint density at radius 1 is 1.03 bits per heavy atom. The summed E-state index contributed by atoms with van der Waals surface area (Å²) < 4.78 is 36.5. The lowest BCUT2D eigenvalue weighted by atomic mass is 10.2. The number of benzene rings is 2. The number of carbonyl (C=O) groups excluding carboxylic acids is 1. The Hall–Kier alpha value is -2.74. The predicted molar refractivity (Wildman–Crippen MR) is 114 cm³/mol.